The van der Waals surface area contributed by atoms with Crippen LogP contribution in [0.3, 0.4) is 0 Å². The third-order valence-electron chi connectivity index (χ3n) is 3.59. The van der Waals surface area contributed by atoms with Gasteiger partial charge in [0.25, 0.3) is 0 Å². The van der Waals surface area contributed by atoms with Crippen LogP contribution in [0, 0.1) is 5.82 Å². The Morgan fingerprint density at radius 3 is 2.71 bits per heavy atom. The summed E-state index contributed by atoms with van der Waals surface area (Å²) in [5.41, 5.74) is 2.70. The van der Waals surface area contributed by atoms with E-state index in [0.29, 0.717) is 0 Å². The minimum Gasteiger partial charge on any atom is -0.494 e. The van der Waals surface area contributed by atoms with E-state index in [0.717, 1.165) is 29.9 Å². The van der Waals surface area contributed by atoms with Gasteiger partial charge in [-0.15, -0.1) is 5.10 Å². The molecule has 0 bridgehead atoms. The molecular formula is C15H21FN4O. The van der Waals surface area contributed by atoms with Gasteiger partial charge < -0.3 is 10.1 Å². The first-order chi connectivity index (χ1) is 10.2. The second-order valence-corrected chi connectivity index (χ2v) is 4.76. The lowest BCUT2D eigenvalue weighted by Crippen LogP contribution is -2.17. The smallest absolute Gasteiger partial charge is 0.165 e. The molecule has 0 saturated carbocycles. The van der Waals surface area contributed by atoms with Gasteiger partial charge in [-0.25, -0.2) is 9.07 Å². The zero-order valence-electron chi connectivity index (χ0n) is 12.9. The fourth-order valence-electron chi connectivity index (χ4n) is 2.44. The first kappa shape index (κ1) is 15.4. The summed E-state index contributed by atoms with van der Waals surface area (Å²) in [7, 11) is 3.36. The summed E-state index contributed by atoms with van der Waals surface area (Å²) in [6.07, 6.45) is 1.72. The summed E-state index contributed by atoms with van der Waals surface area (Å²) < 4.78 is 20.3. The number of halogens is 1. The van der Waals surface area contributed by atoms with Gasteiger partial charge in [0.1, 0.15) is 5.69 Å². The normalized spacial score (nSPS) is 12.4. The zero-order valence-corrected chi connectivity index (χ0v) is 12.9. The van der Waals surface area contributed by atoms with Crippen LogP contribution in [0.1, 0.15) is 37.7 Å². The molecule has 2 aromatic rings. The highest BCUT2D eigenvalue weighted by Gasteiger charge is 2.19. The predicted molar refractivity (Wildman–Crippen MR) is 79.3 cm³/mol. The minimum absolute atomic E-state index is 0.163. The molecule has 5 nitrogen and oxygen atoms in total. The summed E-state index contributed by atoms with van der Waals surface area (Å²) >= 11 is 0. The van der Waals surface area contributed by atoms with Crippen LogP contribution in [-0.4, -0.2) is 29.2 Å². The number of aromatic nitrogens is 3. The van der Waals surface area contributed by atoms with E-state index in [1.165, 1.54) is 13.2 Å². The lowest BCUT2D eigenvalue weighted by molar-refractivity contribution is 0.386. The van der Waals surface area contributed by atoms with Gasteiger partial charge in [0, 0.05) is 6.07 Å². The maximum absolute atomic E-state index is 13.5. The number of benzene rings is 1. The molecule has 1 N–H and O–H groups in total. The molecule has 0 spiro atoms. The van der Waals surface area contributed by atoms with Crippen molar-refractivity contribution in [2.45, 2.75) is 32.7 Å². The Labute approximate surface area is 124 Å². The largest absolute Gasteiger partial charge is 0.494 e. The molecule has 1 heterocycles. The Morgan fingerprint density at radius 2 is 2.14 bits per heavy atom. The molecule has 0 radical (unpaired) electrons. The summed E-state index contributed by atoms with van der Waals surface area (Å²) in [5, 5.41) is 11.8. The number of hydrogen-bond donors (Lipinski definition) is 1. The maximum Gasteiger partial charge on any atom is 0.165 e. The second-order valence-electron chi connectivity index (χ2n) is 4.76. The number of rotatable bonds is 6. The highest BCUT2D eigenvalue weighted by atomic mass is 19.1. The molecular weight excluding hydrogens is 271 g/mol. The van der Waals surface area contributed by atoms with E-state index in [2.05, 4.69) is 29.5 Å². The maximum atomic E-state index is 13.5. The summed E-state index contributed by atoms with van der Waals surface area (Å²) in [5.74, 6) is -0.187. The number of ether oxygens (including phenoxy) is 1. The van der Waals surface area contributed by atoms with Gasteiger partial charge in [0.15, 0.2) is 11.6 Å². The van der Waals surface area contributed by atoms with Crippen molar-refractivity contribution in [1.82, 2.24) is 20.3 Å². The first-order valence-corrected chi connectivity index (χ1v) is 7.11. The third kappa shape index (κ3) is 2.90. The molecule has 0 fully saturated rings. The fraction of sp³-hybridized carbons (Fsp3) is 0.467. The molecule has 1 atom stereocenters. The van der Waals surface area contributed by atoms with Crippen molar-refractivity contribution >= 4 is 0 Å². The SMILES string of the molecule is CCc1c(C(CC)NC)nnn1-c1ccc(F)c(OC)c1. The molecule has 0 aliphatic heterocycles. The molecule has 114 valence electrons. The third-order valence-corrected chi connectivity index (χ3v) is 3.59. The average molecular weight is 292 g/mol. The molecule has 6 heteroatoms. The highest BCUT2D eigenvalue weighted by Crippen LogP contribution is 2.24. The van der Waals surface area contributed by atoms with Gasteiger partial charge in [-0.05, 0) is 32.0 Å². The first-order valence-electron chi connectivity index (χ1n) is 7.11. The number of nitrogens with zero attached hydrogens (tertiary/aromatic N) is 3. The fourth-order valence-corrected chi connectivity index (χ4v) is 2.44. The molecule has 1 unspecified atom stereocenters. The van der Waals surface area contributed by atoms with Gasteiger partial charge in [-0.2, -0.15) is 0 Å². The van der Waals surface area contributed by atoms with Crippen LogP contribution in [0.5, 0.6) is 5.75 Å². The molecule has 0 aliphatic rings. The molecule has 1 aromatic carbocycles. The van der Waals surface area contributed by atoms with E-state index in [-0.39, 0.29) is 17.6 Å². The zero-order chi connectivity index (χ0) is 15.4. The van der Waals surface area contributed by atoms with Crippen LogP contribution < -0.4 is 10.1 Å². The van der Waals surface area contributed by atoms with Gasteiger partial charge in [0.2, 0.25) is 0 Å². The summed E-state index contributed by atoms with van der Waals surface area (Å²) in [6.45, 7) is 4.16. The predicted octanol–water partition coefficient (Wildman–Crippen LogP) is 2.65. The van der Waals surface area contributed by atoms with E-state index in [1.54, 1.807) is 16.8 Å². The van der Waals surface area contributed by atoms with E-state index >= 15 is 0 Å². The standard InChI is InChI=1S/C15H21FN4O/c1-5-12(17-3)15-13(6-2)20(19-18-15)10-7-8-11(16)14(9-10)21-4/h7-9,12,17H,5-6H2,1-4H3. The van der Waals surface area contributed by atoms with Crippen molar-refractivity contribution in [2.24, 2.45) is 0 Å². The Kier molecular flexibility index (Phi) is 4.90. The molecule has 1 aromatic heterocycles. The highest BCUT2D eigenvalue weighted by molar-refractivity contribution is 5.41. The Hall–Kier alpha value is -1.95. The van der Waals surface area contributed by atoms with Gasteiger partial charge in [0.05, 0.1) is 24.5 Å². The molecule has 0 saturated heterocycles. The van der Waals surface area contributed by atoms with Crippen LogP contribution in [0.25, 0.3) is 5.69 Å². The number of hydrogen-bond acceptors (Lipinski definition) is 4. The molecule has 21 heavy (non-hydrogen) atoms. The van der Waals surface area contributed by atoms with Crippen molar-refractivity contribution in [2.75, 3.05) is 14.2 Å². The van der Waals surface area contributed by atoms with Crippen LogP contribution in [0.2, 0.25) is 0 Å². The summed E-state index contributed by atoms with van der Waals surface area (Å²) in [6, 6.07) is 4.85. The van der Waals surface area contributed by atoms with Crippen LogP contribution in [0.15, 0.2) is 18.2 Å². The quantitative estimate of drug-likeness (QED) is 0.889. The Balaban J connectivity index is 2.49. The topological polar surface area (TPSA) is 52.0 Å². The Morgan fingerprint density at radius 1 is 1.38 bits per heavy atom. The molecule has 2 rings (SSSR count). The number of nitrogens with one attached hydrogen (secondary N) is 1. The van der Waals surface area contributed by atoms with Crippen LogP contribution in [-0.2, 0) is 6.42 Å². The van der Waals surface area contributed by atoms with Crippen LogP contribution in [0.4, 0.5) is 4.39 Å². The van der Waals surface area contributed by atoms with Crippen molar-refractivity contribution in [3.8, 4) is 11.4 Å². The molecule has 0 amide bonds. The lowest BCUT2D eigenvalue weighted by Gasteiger charge is -2.13. The van der Waals surface area contributed by atoms with Gasteiger partial charge in [-0.3, -0.25) is 0 Å². The van der Waals surface area contributed by atoms with E-state index in [9.17, 15) is 4.39 Å². The monoisotopic (exact) mass is 292 g/mol. The lowest BCUT2D eigenvalue weighted by atomic mass is 10.1. The average Bonchev–Trinajstić information content (AvgIpc) is 2.93. The van der Waals surface area contributed by atoms with Gasteiger partial charge >= 0.3 is 0 Å². The van der Waals surface area contributed by atoms with Crippen molar-refractivity contribution in [3.63, 3.8) is 0 Å². The van der Waals surface area contributed by atoms with Crippen molar-refractivity contribution in [3.05, 3.63) is 35.4 Å². The minimum atomic E-state index is -0.388. The molecule has 0 aliphatic carbocycles. The van der Waals surface area contributed by atoms with E-state index < -0.39 is 0 Å². The number of methoxy groups -OCH3 is 1. The Bertz CT molecular complexity index is 608. The van der Waals surface area contributed by atoms with Crippen LogP contribution >= 0.6 is 0 Å². The second kappa shape index (κ2) is 6.67. The van der Waals surface area contributed by atoms with E-state index in [4.69, 9.17) is 4.74 Å². The van der Waals surface area contributed by atoms with E-state index in [1.807, 2.05) is 7.05 Å². The van der Waals surface area contributed by atoms with Gasteiger partial charge in [-0.1, -0.05) is 19.1 Å². The van der Waals surface area contributed by atoms with Crippen molar-refractivity contribution < 1.29 is 9.13 Å². The van der Waals surface area contributed by atoms with Crippen molar-refractivity contribution in [1.29, 1.82) is 0 Å². The summed E-state index contributed by atoms with van der Waals surface area (Å²) in [4.78, 5) is 0.